The van der Waals surface area contributed by atoms with Gasteiger partial charge in [0.2, 0.25) is 5.91 Å². The van der Waals surface area contributed by atoms with E-state index in [1.54, 1.807) is 0 Å². The predicted molar refractivity (Wildman–Crippen MR) is 36.4 cm³/mol. The summed E-state index contributed by atoms with van der Waals surface area (Å²) in [4.78, 5) is 10.2. The van der Waals surface area contributed by atoms with Gasteiger partial charge in [0.15, 0.2) is 5.83 Å². The van der Waals surface area contributed by atoms with E-state index >= 15 is 0 Å². The number of halogens is 1. The zero-order valence-corrected chi connectivity index (χ0v) is 5.86. The van der Waals surface area contributed by atoms with Crippen molar-refractivity contribution in [3.8, 4) is 0 Å². The molecule has 2 N–H and O–H groups in total. The molecule has 0 saturated heterocycles. The molecular weight excluding hydrogens is 135 g/mol. The summed E-state index contributed by atoms with van der Waals surface area (Å²) in [6.45, 7) is 2.57. The lowest BCUT2D eigenvalue weighted by molar-refractivity contribution is -0.118. The van der Waals surface area contributed by atoms with Crippen molar-refractivity contribution in [2.24, 2.45) is 0 Å². The fraction of sp³-hybridized carbons (Fsp3) is 0.333. The molecule has 0 saturated carbocycles. The first-order valence-corrected chi connectivity index (χ1v) is 2.72. The summed E-state index contributed by atoms with van der Waals surface area (Å²) >= 11 is 0. The van der Waals surface area contributed by atoms with Crippen molar-refractivity contribution in [1.82, 2.24) is 5.32 Å². The number of nitrogens with one attached hydrogen (secondary N) is 2. The van der Waals surface area contributed by atoms with Gasteiger partial charge in [0.1, 0.15) is 0 Å². The molecule has 1 amide bonds. The van der Waals surface area contributed by atoms with Gasteiger partial charge >= 0.3 is 0 Å². The molecule has 0 aromatic rings. The van der Waals surface area contributed by atoms with Gasteiger partial charge in [-0.3, -0.25) is 4.79 Å². The SMILES string of the molecule is CC(=N)/C(F)=C\NC(C)=O. The molecule has 56 valence electrons. The predicted octanol–water partition coefficient (Wildman–Crippen LogP) is 0.973. The van der Waals surface area contributed by atoms with E-state index < -0.39 is 5.83 Å². The maximum absolute atomic E-state index is 12.3. The summed E-state index contributed by atoms with van der Waals surface area (Å²) < 4.78 is 12.3. The summed E-state index contributed by atoms with van der Waals surface area (Å²) in [6, 6.07) is 0. The van der Waals surface area contributed by atoms with Crippen LogP contribution >= 0.6 is 0 Å². The molecule has 0 bridgehead atoms. The highest BCUT2D eigenvalue weighted by Crippen LogP contribution is 1.94. The lowest BCUT2D eigenvalue weighted by Gasteiger charge is -1.92. The van der Waals surface area contributed by atoms with Gasteiger partial charge in [-0.15, -0.1) is 0 Å². The molecule has 0 heterocycles. The molecule has 4 heteroatoms. The third-order valence-corrected chi connectivity index (χ3v) is 0.760. The van der Waals surface area contributed by atoms with Crippen LogP contribution in [-0.2, 0) is 4.79 Å². The molecule has 0 rings (SSSR count). The van der Waals surface area contributed by atoms with Gasteiger partial charge in [0, 0.05) is 13.1 Å². The van der Waals surface area contributed by atoms with E-state index in [1.165, 1.54) is 13.8 Å². The average molecular weight is 144 g/mol. The molecule has 0 fully saturated rings. The standard InChI is InChI=1S/C6H9FN2O/c1-4(8)6(7)3-9-5(2)10/h3,8H,1-2H3,(H,9,10)/b6-3+,8-4?. The van der Waals surface area contributed by atoms with Gasteiger partial charge in [-0.25, -0.2) is 4.39 Å². The van der Waals surface area contributed by atoms with Crippen molar-refractivity contribution in [2.45, 2.75) is 13.8 Å². The van der Waals surface area contributed by atoms with Crippen molar-refractivity contribution >= 4 is 11.6 Å². The number of allylic oxidation sites excluding steroid dienone is 1. The lowest BCUT2D eigenvalue weighted by atomic mass is 10.4. The average Bonchev–Trinajstić information content (AvgIpc) is 1.82. The van der Waals surface area contributed by atoms with Crippen LogP contribution in [0.4, 0.5) is 4.39 Å². The summed E-state index contributed by atoms with van der Waals surface area (Å²) in [5.74, 6) is -1.08. The first-order chi connectivity index (χ1) is 4.54. The van der Waals surface area contributed by atoms with Crippen molar-refractivity contribution in [2.75, 3.05) is 0 Å². The van der Waals surface area contributed by atoms with Crippen LogP contribution < -0.4 is 5.32 Å². The Kier molecular flexibility index (Phi) is 3.32. The van der Waals surface area contributed by atoms with Crippen molar-refractivity contribution in [3.63, 3.8) is 0 Å². The molecule has 0 radical (unpaired) electrons. The van der Waals surface area contributed by atoms with E-state index in [-0.39, 0.29) is 11.6 Å². The van der Waals surface area contributed by atoms with Gasteiger partial charge in [0.25, 0.3) is 0 Å². The minimum Gasteiger partial charge on any atom is -0.330 e. The van der Waals surface area contributed by atoms with E-state index in [9.17, 15) is 9.18 Å². The Morgan fingerprint density at radius 2 is 2.10 bits per heavy atom. The van der Waals surface area contributed by atoms with E-state index in [4.69, 9.17) is 5.41 Å². The quantitative estimate of drug-likeness (QED) is 0.557. The number of carbonyl (C=O) groups excluding carboxylic acids is 1. The fourth-order valence-corrected chi connectivity index (χ4v) is 0.273. The fourth-order valence-electron chi connectivity index (χ4n) is 0.273. The zero-order valence-electron chi connectivity index (χ0n) is 5.86. The molecule has 0 aliphatic rings. The molecule has 0 aliphatic heterocycles. The highest BCUT2D eigenvalue weighted by molar-refractivity contribution is 5.93. The third-order valence-electron chi connectivity index (χ3n) is 0.760. The Morgan fingerprint density at radius 1 is 1.60 bits per heavy atom. The molecule has 0 aromatic carbocycles. The monoisotopic (exact) mass is 144 g/mol. The third kappa shape index (κ3) is 3.77. The van der Waals surface area contributed by atoms with Gasteiger partial charge in [-0.1, -0.05) is 0 Å². The largest absolute Gasteiger partial charge is 0.330 e. The van der Waals surface area contributed by atoms with E-state index in [0.29, 0.717) is 0 Å². The van der Waals surface area contributed by atoms with Crippen LogP contribution in [0.15, 0.2) is 12.0 Å². The number of hydrogen-bond acceptors (Lipinski definition) is 2. The molecular formula is C6H9FN2O. The maximum Gasteiger partial charge on any atom is 0.220 e. The Balaban J connectivity index is 3.92. The minimum atomic E-state index is -0.727. The normalized spacial score (nSPS) is 10.9. The van der Waals surface area contributed by atoms with Crippen LogP contribution in [0, 0.1) is 5.41 Å². The molecule has 0 aromatic heterocycles. The second-order valence-corrected chi connectivity index (χ2v) is 1.82. The van der Waals surface area contributed by atoms with E-state index in [2.05, 4.69) is 5.32 Å². The lowest BCUT2D eigenvalue weighted by Crippen LogP contribution is -2.13. The van der Waals surface area contributed by atoms with Crippen LogP contribution in [0.25, 0.3) is 0 Å². The summed E-state index contributed by atoms with van der Waals surface area (Å²) in [5, 5.41) is 8.86. The van der Waals surface area contributed by atoms with Gasteiger partial charge in [-0.05, 0) is 6.92 Å². The number of rotatable bonds is 2. The van der Waals surface area contributed by atoms with Gasteiger partial charge in [-0.2, -0.15) is 0 Å². The minimum absolute atomic E-state index is 0.200. The number of hydrogen-bond donors (Lipinski definition) is 2. The van der Waals surface area contributed by atoms with Crippen molar-refractivity contribution in [1.29, 1.82) is 5.41 Å². The smallest absolute Gasteiger partial charge is 0.220 e. The van der Waals surface area contributed by atoms with Crippen molar-refractivity contribution < 1.29 is 9.18 Å². The van der Waals surface area contributed by atoms with Gasteiger partial charge < -0.3 is 10.7 Å². The van der Waals surface area contributed by atoms with Crippen LogP contribution in [0.3, 0.4) is 0 Å². The van der Waals surface area contributed by atoms with Crippen LogP contribution in [-0.4, -0.2) is 11.6 Å². The van der Waals surface area contributed by atoms with Crippen molar-refractivity contribution in [3.05, 3.63) is 12.0 Å². The Bertz CT molecular complexity index is 186. The summed E-state index contributed by atoms with van der Waals surface area (Å²) in [5.41, 5.74) is -0.200. The molecule has 0 aliphatic carbocycles. The number of carbonyl (C=O) groups is 1. The summed E-state index contributed by atoms with van der Waals surface area (Å²) in [6.07, 6.45) is 0.866. The molecule has 0 spiro atoms. The first kappa shape index (κ1) is 8.81. The van der Waals surface area contributed by atoms with Crippen LogP contribution in [0.5, 0.6) is 0 Å². The summed E-state index contributed by atoms with van der Waals surface area (Å²) in [7, 11) is 0. The maximum atomic E-state index is 12.3. The molecule has 10 heavy (non-hydrogen) atoms. The Morgan fingerprint density at radius 3 is 2.40 bits per heavy atom. The second-order valence-electron chi connectivity index (χ2n) is 1.82. The van der Waals surface area contributed by atoms with E-state index in [0.717, 1.165) is 6.20 Å². The topological polar surface area (TPSA) is 53.0 Å². The molecule has 3 nitrogen and oxygen atoms in total. The number of amides is 1. The van der Waals surface area contributed by atoms with Crippen LogP contribution in [0.1, 0.15) is 13.8 Å². The second kappa shape index (κ2) is 3.76. The molecule has 0 atom stereocenters. The van der Waals surface area contributed by atoms with E-state index in [1.807, 2.05) is 0 Å². The van der Waals surface area contributed by atoms with Gasteiger partial charge in [0.05, 0.1) is 5.71 Å². The highest BCUT2D eigenvalue weighted by atomic mass is 19.1. The highest BCUT2D eigenvalue weighted by Gasteiger charge is 1.95. The van der Waals surface area contributed by atoms with Crippen LogP contribution in [0.2, 0.25) is 0 Å². The first-order valence-electron chi connectivity index (χ1n) is 2.72. The Hall–Kier alpha value is -1.19. The zero-order chi connectivity index (χ0) is 8.15. The Labute approximate surface area is 58.4 Å². The molecule has 0 unspecified atom stereocenters.